The van der Waals surface area contributed by atoms with E-state index in [1.807, 2.05) is 13.8 Å². The summed E-state index contributed by atoms with van der Waals surface area (Å²) in [4.78, 5) is 26.4. The van der Waals surface area contributed by atoms with E-state index in [2.05, 4.69) is 0 Å². The molecule has 0 aromatic rings. The van der Waals surface area contributed by atoms with E-state index in [0.29, 0.717) is 19.5 Å². The Balaban J connectivity index is 1.74. The molecule has 0 aromatic carbocycles. The highest BCUT2D eigenvalue weighted by Crippen LogP contribution is 2.48. The third kappa shape index (κ3) is 2.88. The fourth-order valence-electron chi connectivity index (χ4n) is 4.56. The summed E-state index contributed by atoms with van der Waals surface area (Å²) in [5.74, 6) is -3.50. The van der Waals surface area contributed by atoms with Crippen LogP contribution in [0.5, 0.6) is 0 Å². The second-order valence-electron chi connectivity index (χ2n) is 8.16. The first-order valence-electron chi connectivity index (χ1n) is 8.23. The van der Waals surface area contributed by atoms with Gasteiger partial charge in [0.05, 0.1) is 5.70 Å². The number of carbonyl (C=O) groups excluding carboxylic acids is 2. The van der Waals surface area contributed by atoms with Crippen LogP contribution in [0.3, 0.4) is 0 Å². The van der Waals surface area contributed by atoms with Crippen molar-refractivity contribution in [1.29, 1.82) is 0 Å². The van der Waals surface area contributed by atoms with Crippen LogP contribution in [0, 0.1) is 16.7 Å². The number of amides is 1. The Bertz CT molecular complexity index is 585. The van der Waals surface area contributed by atoms with Crippen molar-refractivity contribution in [3.8, 4) is 0 Å². The van der Waals surface area contributed by atoms with Gasteiger partial charge < -0.3 is 10.6 Å². The number of ketones is 1. The molecule has 3 rings (SSSR count). The Kier molecular flexibility index (Phi) is 3.58. The Morgan fingerprint density at radius 3 is 2.61 bits per heavy atom. The first kappa shape index (κ1) is 16.4. The number of hydrogen-bond donors (Lipinski definition) is 1. The van der Waals surface area contributed by atoms with Crippen LogP contribution < -0.4 is 5.73 Å². The van der Waals surface area contributed by atoms with Gasteiger partial charge in [-0.1, -0.05) is 13.8 Å². The minimum atomic E-state index is -2.71. The predicted octanol–water partition coefficient (Wildman–Crippen LogP) is 2.48. The summed E-state index contributed by atoms with van der Waals surface area (Å²) in [5.41, 5.74) is 5.33. The highest BCUT2D eigenvalue weighted by Gasteiger charge is 2.50. The molecule has 2 N–H and O–H groups in total. The molecule has 0 aromatic heterocycles. The number of nitrogens with zero attached hydrogens (tertiary/aromatic N) is 1. The molecule has 0 radical (unpaired) electrons. The van der Waals surface area contributed by atoms with Crippen molar-refractivity contribution in [2.24, 2.45) is 22.5 Å². The smallest absolute Gasteiger partial charge is 0.248 e. The molecule has 1 unspecified atom stereocenters. The summed E-state index contributed by atoms with van der Waals surface area (Å²) in [6, 6.07) is 0. The van der Waals surface area contributed by atoms with E-state index >= 15 is 0 Å². The summed E-state index contributed by atoms with van der Waals surface area (Å²) in [6.07, 6.45) is 2.91. The molecular formula is C17H24F2N2O2. The van der Waals surface area contributed by atoms with Gasteiger partial charge in [0.15, 0.2) is 5.78 Å². The lowest BCUT2D eigenvalue weighted by Gasteiger charge is -2.39. The molecule has 2 aliphatic carbocycles. The van der Waals surface area contributed by atoms with Crippen LogP contribution in [0.25, 0.3) is 0 Å². The van der Waals surface area contributed by atoms with Crippen molar-refractivity contribution in [3.05, 3.63) is 11.8 Å². The van der Waals surface area contributed by atoms with Crippen molar-refractivity contribution in [1.82, 2.24) is 4.90 Å². The highest BCUT2D eigenvalue weighted by atomic mass is 19.3. The lowest BCUT2D eigenvalue weighted by molar-refractivity contribution is -0.135. The average Bonchev–Trinajstić information content (AvgIpc) is 2.99. The van der Waals surface area contributed by atoms with E-state index < -0.39 is 17.3 Å². The highest BCUT2D eigenvalue weighted by molar-refractivity contribution is 5.99. The summed E-state index contributed by atoms with van der Waals surface area (Å²) in [6.45, 7) is 4.78. The molecule has 3 aliphatic rings. The van der Waals surface area contributed by atoms with Crippen molar-refractivity contribution < 1.29 is 18.4 Å². The van der Waals surface area contributed by atoms with Crippen LogP contribution in [0.4, 0.5) is 8.78 Å². The molecule has 1 amide bonds. The largest absolute Gasteiger partial charge is 0.396 e. The maximum atomic E-state index is 13.4. The van der Waals surface area contributed by atoms with E-state index in [0.717, 1.165) is 6.42 Å². The second kappa shape index (κ2) is 5.02. The van der Waals surface area contributed by atoms with Crippen LogP contribution in [0.15, 0.2) is 11.8 Å². The summed E-state index contributed by atoms with van der Waals surface area (Å²) in [5, 5.41) is 0. The minimum Gasteiger partial charge on any atom is -0.396 e. The molecule has 1 heterocycles. The predicted molar refractivity (Wildman–Crippen MR) is 81.6 cm³/mol. The zero-order valence-electron chi connectivity index (χ0n) is 13.7. The normalized spacial score (nSPS) is 35.7. The Labute approximate surface area is 135 Å². The second-order valence-corrected chi connectivity index (χ2v) is 8.16. The first-order valence-corrected chi connectivity index (χ1v) is 8.23. The molecule has 2 fully saturated rings. The van der Waals surface area contributed by atoms with Crippen LogP contribution in [0.1, 0.15) is 46.0 Å². The molecule has 2 atom stereocenters. The number of hydrogen-bond acceptors (Lipinski definition) is 3. The Morgan fingerprint density at radius 2 is 2.04 bits per heavy atom. The quantitative estimate of drug-likeness (QED) is 0.805. The number of allylic oxidation sites excluding steroid dienone is 1. The topological polar surface area (TPSA) is 63.4 Å². The number of Topliss-reactive ketones (excluding diaryl/α,β-unsaturated/α-hetero) is 1. The third-order valence-electron chi connectivity index (χ3n) is 5.58. The molecule has 6 heteroatoms. The lowest BCUT2D eigenvalue weighted by Crippen LogP contribution is -2.43. The van der Waals surface area contributed by atoms with Gasteiger partial charge >= 0.3 is 0 Å². The first-order chi connectivity index (χ1) is 10.5. The number of halogens is 2. The van der Waals surface area contributed by atoms with E-state index in [1.54, 1.807) is 11.0 Å². The molecule has 1 spiro atoms. The van der Waals surface area contributed by atoms with Gasteiger partial charge in [0.1, 0.15) is 0 Å². The lowest BCUT2D eigenvalue weighted by atomic mass is 9.65. The van der Waals surface area contributed by atoms with Gasteiger partial charge in [-0.15, -0.1) is 0 Å². The van der Waals surface area contributed by atoms with Gasteiger partial charge in [-0.05, 0) is 25.3 Å². The standard InChI is InChI=1S/C17H24F2N2O2/c1-15(2)9-16(8-12(20)13(15)22)5-6-21(10-16)14(23)11-3-4-17(18,19)7-11/h8,11H,3-7,9-10,20H2,1-2H3/t11?,16-/m1/s1. The van der Waals surface area contributed by atoms with Crippen LogP contribution in [-0.4, -0.2) is 35.6 Å². The molecule has 4 nitrogen and oxygen atoms in total. The van der Waals surface area contributed by atoms with Gasteiger partial charge in [-0.25, -0.2) is 8.78 Å². The van der Waals surface area contributed by atoms with Gasteiger partial charge in [0.25, 0.3) is 0 Å². The van der Waals surface area contributed by atoms with Crippen molar-refractivity contribution >= 4 is 11.7 Å². The molecule has 0 bridgehead atoms. The van der Waals surface area contributed by atoms with Crippen LogP contribution >= 0.6 is 0 Å². The number of rotatable bonds is 1. The Hall–Kier alpha value is -1.46. The summed E-state index contributed by atoms with van der Waals surface area (Å²) < 4.78 is 26.7. The van der Waals surface area contributed by atoms with Crippen LogP contribution in [0.2, 0.25) is 0 Å². The number of nitrogens with two attached hydrogens (primary N) is 1. The fraction of sp³-hybridized carbons (Fsp3) is 0.765. The van der Waals surface area contributed by atoms with Crippen molar-refractivity contribution in [2.45, 2.75) is 51.9 Å². The molecule has 23 heavy (non-hydrogen) atoms. The van der Waals surface area contributed by atoms with Crippen molar-refractivity contribution in [3.63, 3.8) is 0 Å². The van der Waals surface area contributed by atoms with Gasteiger partial charge in [0.2, 0.25) is 11.8 Å². The number of carbonyl (C=O) groups is 2. The maximum Gasteiger partial charge on any atom is 0.248 e. The zero-order chi connectivity index (χ0) is 17.0. The van der Waals surface area contributed by atoms with E-state index in [9.17, 15) is 18.4 Å². The van der Waals surface area contributed by atoms with Gasteiger partial charge in [-0.2, -0.15) is 0 Å². The molecule has 1 saturated heterocycles. The Morgan fingerprint density at radius 1 is 1.35 bits per heavy atom. The van der Waals surface area contributed by atoms with Gasteiger partial charge in [0, 0.05) is 42.7 Å². The van der Waals surface area contributed by atoms with Crippen LogP contribution in [-0.2, 0) is 9.59 Å². The number of likely N-dealkylation sites (tertiary alicyclic amines) is 1. The van der Waals surface area contributed by atoms with E-state index in [4.69, 9.17) is 5.73 Å². The maximum absolute atomic E-state index is 13.4. The monoisotopic (exact) mass is 326 g/mol. The molecule has 1 aliphatic heterocycles. The average molecular weight is 326 g/mol. The number of alkyl halides is 2. The fourth-order valence-corrected chi connectivity index (χ4v) is 4.56. The molecule has 1 saturated carbocycles. The third-order valence-corrected chi connectivity index (χ3v) is 5.58. The van der Waals surface area contributed by atoms with E-state index in [1.165, 1.54) is 0 Å². The van der Waals surface area contributed by atoms with Crippen molar-refractivity contribution in [2.75, 3.05) is 13.1 Å². The minimum absolute atomic E-state index is 0.0525. The SMILES string of the molecule is CC1(C)C[C@]2(C=C(N)C1=O)CCN(C(=O)C1CCC(F)(F)C1)C2. The summed E-state index contributed by atoms with van der Waals surface area (Å²) in [7, 11) is 0. The van der Waals surface area contributed by atoms with E-state index in [-0.39, 0.29) is 42.1 Å². The molecule has 128 valence electrons. The molecular weight excluding hydrogens is 302 g/mol. The summed E-state index contributed by atoms with van der Waals surface area (Å²) >= 11 is 0. The van der Waals surface area contributed by atoms with Gasteiger partial charge in [-0.3, -0.25) is 9.59 Å². The zero-order valence-corrected chi connectivity index (χ0v) is 13.7.